The van der Waals surface area contributed by atoms with Gasteiger partial charge in [0.25, 0.3) is 0 Å². The van der Waals surface area contributed by atoms with Crippen LogP contribution in [0.2, 0.25) is 4.34 Å². The topological polar surface area (TPSA) is 36.4 Å². The molecule has 0 saturated heterocycles. The molecule has 3 nitrogen and oxygen atoms in total. The molecule has 0 radical (unpaired) electrons. The Morgan fingerprint density at radius 1 is 1.26 bits per heavy atom. The molecule has 0 aliphatic heterocycles. The van der Waals surface area contributed by atoms with Gasteiger partial charge in [-0.25, -0.2) is 0 Å². The molecule has 2 heterocycles. The Morgan fingerprint density at radius 3 is 2.63 bits per heavy atom. The van der Waals surface area contributed by atoms with Crippen molar-refractivity contribution in [2.45, 2.75) is 20.0 Å². The Balaban J connectivity index is 1.82. The fourth-order valence-electron chi connectivity index (χ4n) is 1.59. The van der Waals surface area contributed by atoms with Crippen molar-refractivity contribution in [2.75, 3.05) is 7.05 Å². The first-order valence-electron chi connectivity index (χ1n) is 5.90. The van der Waals surface area contributed by atoms with Crippen LogP contribution in [0.1, 0.15) is 15.3 Å². The zero-order chi connectivity index (χ0) is 13.7. The molecule has 0 saturated carbocycles. The van der Waals surface area contributed by atoms with Gasteiger partial charge in [-0.1, -0.05) is 11.6 Å². The summed E-state index contributed by atoms with van der Waals surface area (Å²) in [5, 5.41) is 8.69. The van der Waals surface area contributed by atoms with Crippen molar-refractivity contribution in [1.29, 1.82) is 0 Å². The summed E-state index contributed by atoms with van der Waals surface area (Å²) in [5.74, 6) is 0.803. The van der Waals surface area contributed by atoms with Crippen LogP contribution in [-0.4, -0.2) is 13.0 Å². The van der Waals surface area contributed by atoms with Gasteiger partial charge in [-0.3, -0.25) is 4.99 Å². The molecule has 6 heteroatoms. The van der Waals surface area contributed by atoms with Crippen molar-refractivity contribution in [3.8, 4) is 0 Å². The predicted octanol–water partition coefficient (Wildman–Crippen LogP) is 3.64. The molecule has 0 bridgehead atoms. The SMILES string of the molecule is CN=C(NCc1ccc(Cl)s1)NCc1sccc1C. The van der Waals surface area contributed by atoms with Crippen molar-refractivity contribution < 1.29 is 0 Å². The molecular weight excluding hydrogens is 298 g/mol. The van der Waals surface area contributed by atoms with Crippen molar-refractivity contribution in [2.24, 2.45) is 4.99 Å². The maximum Gasteiger partial charge on any atom is 0.191 e. The zero-order valence-electron chi connectivity index (χ0n) is 10.9. The van der Waals surface area contributed by atoms with Gasteiger partial charge in [0.2, 0.25) is 0 Å². The van der Waals surface area contributed by atoms with Crippen LogP contribution in [0.4, 0.5) is 0 Å². The summed E-state index contributed by atoms with van der Waals surface area (Å²) in [6, 6.07) is 6.07. The monoisotopic (exact) mass is 313 g/mol. The summed E-state index contributed by atoms with van der Waals surface area (Å²) < 4.78 is 0.814. The van der Waals surface area contributed by atoms with Crippen molar-refractivity contribution in [3.63, 3.8) is 0 Å². The average molecular weight is 314 g/mol. The first-order valence-corrected chi connectivity index (χ1v) is 7.98. The molecule has 0 aliphatic rings. The highest BCUT2D eigenvalue weighted by atomic mass is 35.5. The normalized spacial score (nSPS) is 11.6. The molecule has 0 aliphatic carbocycles. The molecule has 0 spiro atoms. The summed E-state index contributed by atoms with van der Waals surface area (Å²) in [4.78, 5) is 6.74. The lowest BCUT2D eigenvalue weighted by Crippen LogP contribution is -2.36. The van der Waals surface area contributed by atoms with Crippen molar-refractivity contribution >= 4 is 40.2 Å². The average Bonchev–Trinajstić information content (AvgIpc) is 2.99. The van der Waals surface area contributed by atoms with Gasteiger partial charge in [0.15, 0.2) is 5.96 Å². The second kappa shape index (κ2) is 6.93. The van der Waals surface area contributed by atoms with Crippen molar-refractivity contribution in [1.82, 2.24) is 10.6 Å². The number of rotatable bonds is 4. The maximum absolute atomic E-state index is 5.90. The van der Waals surface area contributed by atoms with E-state index >= 15 is 0 Å². The Kier molecular flexibility index (Phi) is 5.24. The second-order valence-electron chi connectivity index (χ2n) is 4.01. The number of halogens is 1. The maximum atomic E-state index is 5.90. The van der Waals surface area contributed by atoms with Gasteiger partial charge in [-0.2, -0.15) is 0 Å². The molecule has 0 unspecified atom stereocenters. The van der Waals surface area contributed by atoms with Gasteiger partial charge in [0.05, 0.1) is 17.4 Å². The highest BCUT2D eigenvalue weighted by molar-refractivity contribution is 7.16. The minimum Gasteiger partial charge on any atom is -0.352 e. The number of hydrogen-bond acceptors (Lipinski definition) is 3. The summed E-state index contributed by atoms with van der Waals surface area (Å²) in [5.41, 5.74) is 1.32. The smallest absolute Gasteiger partial charge is 0.191 e. The number of aryl methyl sites for hydroxylation is 1. The van der Waals surface area contributed by atoms with Gasteiger partial charge in [0.1, 0.15) is 0 Å². The Morgan fingerprint density at radius 2 is 2.05 bits per heavy atom. The number of thiophene rings is 2. The minimum absolute atomic E-state index is 0.737. The van der Waals surface area contributed by atoms with Crippen LogP contribution in [0.5, 0.6) is 0 Å². The van der Waals surface area contributed by atoms with Gasteiger partial charge in [-0.15, -0.1) is 22.7 Å². The number of guanidine groups is 1. The van der Waals surface area contributed by atoms with Crippen LogP contribution < -0.4 is 10.6 Å². The summed E-state index contributed by atoms with van der Waals surface area (Å²) in [6.07, 6.45) is 0. The van der Waals surface area contributed by atoms with E-state index in [0.29, 0.717) is 0 Å². The highest BCUT2D eigenvalue weighted by Crippen LogP contribution is 2.21. The molecule has 2 aromatic heterocycles. The van der Waals surface area contributed by atoms with E-state index in [4.69, 9.17) is 11.6 Å². The van der Waals surface area contributed by atoms with Crippen LogP contribution in [0.25, 0.3) is 0 Å². The molecule has 2 N–H and O–H groups in total. The van der Waals surface area contributed by atoms with Gasteiger partial charge < -0.3 is 10.6 Å². The molecule has 0 fully saturated rings. The van der Waals surface area contributed by atoms with E-state index < -0.39 is 0 Å². The molecule has 19 heavy (non-hydrogen) atoms. The van der Waals surface area contributed by atoms with E-state index in [2.05, 4.69) is 34.0 Å². The Bertz CT molecular complexity index is 560. The second-order valence-corrected chi connectivity index (χ2v) is 6.81. The van der Waals surface area contributed by atoms with Crippen LogP contribution in [0, 0.1) is 6.92 Å². The standard InChI is InChI=1S/C13H16ClN3S2/c1-9-5-6-18-11(9)8-17-13(15-2)16-7-10-3-4-12(14)19-10/h3-6H,7-8H2,1-2H3,(H2,15,16,17). The minimum atomic E-state index is 0.737. The fourth-order valence-corrected chi connectivity index (χ4v) is 3.46. The number of nitrogens with one attached hydrogen (secondary N) is 2. The van der Waals surface area contributed by atoms with E-state index in [1.165, 1.54) is 15.3 Å². The lowest BCUT2D eigenvalue weighted by molar-refractivity contribution is 0.820. The summed E-state index contributed by atoms with van der Waals surface area (Å²) >= 11 is 9.24. The lowest BCUT2D eigenvalue weighted by atomic mass is 10.3. The van der Waals surface area contributed by atoms with Gasteiger partial charge >= 0.3 is 0 Å². The Labute approximate surface area is 126 Å². The predicted molar refractivity (Wildman–Crippen MR) is 85.4 cm³/mol. The third kappa shape index (κ3) is 4.23. The van der Waals surface area contributed by atoms with E-state index in [-0.39, 0.29) is 0 Å². The first-order chi connectivity index (χ1) is 9.19. The molecule has 0 amide bonds. The molecule has 102 valence electrons. The molecule has 2 rings (SSSR count). The lowest BCUT2D eigenvalue weighted by Gasteiger charge is -2.10. The third-order valence-electron chi connectivity index (χ3n) is 2.67. The van der Waals surface area contributed by atoms with Crippen LogP contribution >= 0.6 is 34.3 Å². The summed E-state index contributed by atoms with van der Waals surface area (Å²) in [7, 11) is 1.78. The molecule has 0 atom stereocenters. The van der Waals surface area contributed by atoms with Crippen LogP contribution in [0.15, 0.2) is 28.6 Å². The zero-order valence-corrected chi connectivity index (χ0v) is 13.3. The first kappa shape index (κ1) is 14.4. The van der Waals surface area contributed by atoms with Crippen molar-refractivity contribution in [3.05, 3.63) is 43.2 Å². The summed E-state index contributed by atoms with van der Waals surface area (Å²) in [6.45, 7) is 3.66. The molecular formula is C13H16ClN3S2. The number of aliphatic imine (C=N–C) groups is 1. The molecule has 0 aromatic carbocycles. The fraction of sp³-hybridized carbons (Fsp3) is 0.308. The van der Waals surface area contributed by atoms with Gasteiger partial charge in [0, 0.05) is 16.8 Å². The van der Waals surface area contributed by atoms with Crippen LogP contribution in [0.3, 0.4) is 0 Å². The van der Waals surface area contributed by atoms with E-state index in [0.717, 1.165) is 23.4 Å². The number of hydrogen-bond donors (Lipinski definition) is 2. The Hall–Kier alpha value is -1.04. The van der Waals surface area contributed by atoms with E-state index in [1.54, 1.807) is 29.7 Å². The quantitative estimate of drug-likeness (QED) is 0.668. The third-order valence-corrected chi connectivity index (χ3v) is 4.92. The van der Waals surface area contributed by atoms with E-state index in [1.807, 2.05) is 12.1 Å². The molecule has 2 aromatic rings. The van der Waals surface area contributed by atoms with Gasteiger partial charge in [-0.05, 0) is 36.1 Å². The highest BCUT2D eigenvalue weighted by Gasteiger charge is 2.03. The largest absolute Gasteiger partial charge is 0.352 e. The van der Waals surface area contributed by atoms with Crippen LogP contribution in [-0.2, 0) is 13.1 Å². The van der Waals surface area contributed by atoms with E-state index in [9.17, 15) is 0 Å². The number of nitrogens with zero attached hydrogens (tertiary/aromatic N) is 1.